The van der Waals surface area contributed by atoms with Crippen molar-refractivity contribution >= 4 is 23.5 Å². The van der Waals surface area contributed by atoms with E-state index < -0.39 is 5.97 Å². The molecule has 0 aromatic heterocycles. The van der Waals surface area contributed by atoms with Crippen molar-refractivity contribution < 1.29 is 19.5 Å². The van der Waals surface area contributed by atoms with Gasteiger partial charge in [-0.15, -0.1) is 0 Å². The van der Waals surface area contributed by atoms with Crippen LogP contribution in [-0.2, 0) is 9.59 Å². The number of carboxylic acid groups (broad SMARTS) is 1. The molecule has 2 saturated carbocycles. The van der Waals surface area contributed by atoms with Crippen LogP contribution in [0.25, 0.3) is 0 Å². The minimum absolute atomic E-state index is 0.0259. The van der Waals surface area contributed by atoms with Crippen molar-refractivity contribution in [1.82, 2.24) is 4.90 Å². The number of carbonyl (C=O) groups excluding carboxylic acids is 2. The van der Waals surface area contributed by atoms with Crippen molar-refractivity contribution in [1.29, 1.82) is 0 Å². The molecule has 0 radical (unpaired) electrons. The minimum atomic E-state index is -0.709. The molecule has 1 atom stereocenters. The number of nitrogens with zero attached hydrogens (tertiary/aromatic N) is 1. The van der Waals surface area contributed by atoms with Gasteiger partial charge in [-0.25, -0.2) is 0 Å². The van der Waals surface area contributed by atoms with Crippen LogP contribution in [0.15, 0.2) is 24.3 Å². The number of amides is 2. The maximum Gasteiger partial charge on any atom is 0.307 e. The molecule has 3 aliphatic rings. The second-order valence-electron chi connectivity index (χ2n) is 7.59. The van der Waals surface area contributed by atoms with Gasteiger partial charge < -0.3 is 15.3 Å². The normalized spacial score (nSPS) is 24.0. The summed E-state index contributed by atoms with van der Waals surface area (Å²) >= 11 is 0. The van der Waals surface area contributed by atoms with Crippen LogP contribution in [0, 0.1) is 17.3 Å². The average molecular weight is 342 g/mol. The highest BCUT2D eigenvalue weighted by Crippen LogP contribution is 2.59. The first-order chi connectivity index (χ1) is 12.0. The molecule has 2 N–H and O–H groups in total. The zero-order valence-corrected chi connectivity index (χ0v) is 14.0. The van der Waals surface area contributed by atoms with E-state index in [4.69, 9.17) is 5.11 Å². The summed E-state index contributed by atoms with van der Waals surface area (Å²) in [6.07, 6.45) is 4.14. The predicted octanol–water partition coefficient (Wildman–Crippen LogP) is 2.36. The first-order valence-corrected chi connectivity index (χ1v) is 8.91. The predicted molar refractivity (Wildman–Crippen MR) is 91.1 cm³/mol. The van der Waals surface area contributed by atoms with Crippen molar-refractivity contribution in [2.45, 2.75) is 32.1 Å². The number of rotatable bonds is 4. The lowest BCUT2D eigenvalue weighted by Crippen LogP contribution is -2.40. The fourth-order valence-electron chi connectivity index (χ4n) is 3.91. The Morgan fingerprint density at radius 3 is 2.48 bits per heavy atom. The molecule has 25 heavy (non-hydrogen) atoms. The molecule has 6 nitrogen and oxygen atoms in total. The van der Waals surface area contributed by atoms with E-state index in [1.807, 2.05) is 0 Å². The van der Waals surface area contributed by atoms with Crippen LogP contribution in [0.5, 0.6) is 0 Å². The summed E-state index contributed by atoms with van der Waals surface area (Å²) in [5, 5.41) is 12.0. The number of nitrogens with one attached hydrogen (secondary N) is 1. The third kappa shape index (κ3) is 3.13. The number of anilines is 1. The van der Waals surface area contributed by atoms with Gasteiger partial charge in [0.1, 0.15) is 0 Å². The van der Waals surface area contributed by atoms with Crippen LogP contribution in [0.3, 0.4) is 0 Å². The van der Waals surface area contributed by atoms with E-state index >= 15 is 0 Å². The molecule has 0 bridgehead atoms. The quantitative estimate of drug-likeness (QED) is 0.879. The van der Waals surface area contributed by atoms with Gasteiger partial charge in [0.2, 0.25) is 5.91 Å². The molecule has 3 fully saturated rings. The smallest absolute Gasteiger partial charge is 0.307 e. The van der Waals surface area contributed by atoms with Gasteiger partial charge in [-0.1, -0.05) is 6.07 Å². The van der Waals surface area contributed by atoms with E-state index in [-0.39, 0.29) is 29.1 Å². The fraction of sp³-hybridized carbons (Fsp3) is 0.526. The summed E-state index contributed by atoms with van der Waals surface area (Å²) in [5.41, 5.74) is 1.14. The summed E-state index contributed by atoms with van der Waals surface area (Å²) in [6.45, 7) is 1.20. The number of benzene rings is 1. The van der Waals surface area contributed by atoms with Gasteiger partial charge >= 0.3 is 5.97 Å². The Morgan fingerprint density at radius 1 is 1.16 bits per heavy atom. The number of carbonyl (C=O) groups is 3. The standard InChI is InChI=1S/C19H22N2O4/c22-16(12-4-5-12)20-14-3-1-2-13(10-14)17(23)21-8-6-19(7-9-21)11-15(19)18(24)25/h1-3,10,12,15H,4-9,11H2,(H,20,22)(H,24,25). The Hall–Kier alpha value is -2.37. The Labute approximate surface area is 146 Å². The van der Waals surface area contributed by atoms with Gasteiger partial charge in [-0.3, -0.25) is 14.4 Å². The zero-order chi connectivity index (χ0) is 17.6. The van der Waals surface area contributed by atoms with E-state index in [0.29, 0.717) is 24.3 Å². The Bertz CT molecular complexity index is 733. The van der Waals surface area contributed by atoms with Crippen molar-refractivity contribution in [2.24, 2.45) is 17.3 Å². The molecule has 4 rings (SSSR count). The lowest BCUT2D eigenvalue weighted by atomic mass is 9.90. The van der Waals surface area contributed by atoms with Gasteiger partial charge in [0.05, 0.1) is 5.92 Å². The van der Waals surface area contributed by atoms with Crippen molar-refractivity contribution in [3.8, 4) is 0 Å². The molecule has 132 valence electrons. The number of piperidine rings is 1. The van der Waals surface area contributed by atoms with E-state index in [1.165, 1.54) is 0 Å². The molecular weight excluding hydrogens is 320 g/mol. The van der Waals surface area contributed by atoms with Crippen LogP contribution in [0.4, 0.5) is 5.69 Å². The highest BCUT2D eigenvalue weighted by molar-refractivity contribution is 5.98. The molecule has 2 amide bonds. The maximum absolute atomic E-state index is 12.7. The molecule has 2 aliphatic carbocycles. The van der Waals surface area contributed by atoms with E-state index in [9.17, 15) is 14.4 Å². The first-order valence-electron chi connectivity index (χ1n) is 8.91. The van der Waals surface area contributed by atoms with Crippen LogP contribution in [0.1, 0.15) is 42.5 Å². The summed E-state index contributed by atoms with van der Waals surface area (Å²) in [5.74, 6) is -0.842. The van der Waals surface area contributed by atoms with Gasteiger partial charge in [0.25, 0.3) is 5.91 Å². The fourth-order valence-corrected chi connectivity index (χ4v) is 3.91. The van der Waals surface area contributed by atoms with Gasteiger partial charge in [-0.2, -0.15) is 0 Å². The van der Waals surface area contributed by atoms with E-state index in [2.05, 4.69) is 5.32 Å². The van der Waals surface area contributed by atoms with E-state index in [1.54, 1.807) is 29.2 Å². The van der Waals surface area contributed by atoms with Crippen molar-refractivity contribution in [3.05, 3.63) is 29.8 Å². The number of hydrogen-bond donors (Lipinski definition) is 2. The molecule has 1 saturated heterocycles. The second kappa shape index (κ2) is 5.86. The maximum atomic E-state index is 12.7. The van der Waals surface area contributed by atoms with Crippen LogP contribution in [0.2, 0.25) is 0 Å². The Morgan fingerprint density at radius 2 is 1.88 bits per heavy atom. The Balaban J connectivity index is 1.38. The average Bonchev–Trinajstić information content (AvgIpc) is 3.50. The molecule has 1 unspecified atom stereocenters. The Kier molecular flexibility index (Phi) is 3.78. The SMILES string of the molecule is O=C(Nc1cccc(C(=O)N2CCC3(CC2)CC3C(=O)O)c1)C1CC1. The lowest BCUT2D eigenvalue weighted by Gasteiger charge is -2.32. The topological polar surface area (TPSA) is 86.7 Å². The molecule has 6 heteroatoms. The first kappa shape index (κ1) is 16.1. The molecular formula is C19H22N2O4. The zero-order valence-electron chi connectivity index (χ0n) is 14.0. The highest BCUT2D eigenvalue weighted by atomic mass is 16.4. The van der Waals surface area contributed by atoms with Gasteiger partial charge in [0.15, 0.2) is 0 Å². The summed E-state index contributed by atoms with van der Waals surface area (Å²) in [6, 6.07) is 7.06. The number of hydrogen-bond acceptors (Lipinski definition) is 3. The van der Waals surface area contributed by atoms with Gasteiger partial charge in [0, 0.05) is 30.3 Å². The third-order valence-corrected chi connectivity index (χ3v) is 5.86. The molecule has 1 aromatic rings. The monoisotopic (exact) mass is 342 g/mol. The highest BCUT2D eigenvalue weighted by Gasteiger charge is 2.59. The van der Waals surface area contributed by atoms with Crippen LogP contribution >= 0.6 is 0 Å². The van der Waals surface area contributed by atoms with Crippen molar-refractivity contribution in [2.75, 3.05) is 18.4 Å². The van der Waals surface area contributed by atoms with Crippen molar-refractivity contribution in [3.63, 3.8) is 0 Å². The summed E-state index contributed by atoms with van der Waals surface area (Å²) in [4.78, 5) is 37.5. The van der Waals surface area contributed by atoms with Crippen LogP contribution < -0.4 is 5.32 Å². The lowest BCUT2D eigenvalue weighted by molar-refractivity contribution is -0.139. The summed E-state index contributed by atoms with van der Waals surface area (Å²) in [7, 11) is 0. The third-order valence-electron chi connectivity index (χ3n) is 5.86. The number of likely N-dealkylation sites (tertiary alicyclic amines) is 1. The largest absolute Gasteiger partial charge is 0.481 e. The molecule has 1 aromatic carbocycles. The number of aliphatic carboxylic acids is 1. The van der Waals surface area contributed by atoms with E-state index in [0.717, 1.165) is 32.1 Å². The minimum Gasteiger partial charge on any atom is -0.481 e. The second-order valence-corrected chi connectivity index (χ2v) is 7.59. The number of carboxylic acids is 1. The summed E-state index contributed by atoms with van der Waals surface area (Å²) < 4.78 is 0. The van der Waals surface area contributed by atoms with Gasteiger partial charge in [-0.05, 0) is 55.7 Å². The molecule has 1 aliphatic heterocycles. The van der Waals surface area contributed by atoms with Crippen LogP contribution in [-0.4, -0.2) is 40.9 Å². The molecule has 1 spiro atoms. The molecule has 1 heterocycles.